The number of sulfone groups is 1. The Kier molecular flexibility index (Phi) is 2.83. The fourth-order valence-electron chi connectivity index (χ4n) is 1.37. The molecule has 1 aromatic carbocycles. The van der Waals surface area contributed by atoms with Gasteiger partial charge in [0.1, 0.15) is 0 Å². The van der Waals surface area contributed by atoms with Gasteiger partial charge < -0.3 is 10.1 Å². The molecule has 0 N–H and O–H groups in total. The summed E-state index contributed by atoms with van der Waals surface area (Å²) >= 11 is 0. The van der Waals surface area contributed by atoms with Crippen LogP contribution < -0.4 is 0 Å². The predicted molar refractivity (Wildman–Crippen MR) is 59.6 cm³/mol. The lowest BCUT2D eigenvalue weighted by Crippen LogP contribution is -2.09. The molecule has 0 amide bonds. The van der Waals surface area contributed by atoms with Gasteiger partial charge in [0.25, 0.3) is 9.84 Å². The smallest absolute Gasteiger partial charge is 0.390 e. The van der Waals surface area contributed by atoms with Gasteiger partial charge >= 0.3 is 11.1 Å². The fraction of sp³-hybridized carbons (Fsp3) is 0.111. The first-order valence-electron chi connectivity index (χ1n) is 4.78. The van der Waals surface area contributed by atoms with E-state index in [1.54, 1.807) is 18.2 Å². The van der Waals surface area contributed by atoms with Crippen LogP contribution in [0.3, 0.4) is 0 Å². The lowest BCUT2D eigenvalue weighted by Gasteiger charge is -1.98. The minimum absolute atomic E-state index is 0.00963. The van der Waals surface area contributed by atoms with Gasteiger partial charge in [-0.3, -0.25) is 0 Å². The van der Waals surface area contributed by atoms with Crippen molar-refractivity contribution in [3.63, 3.8) is 0 Å². The van der Waals surface area contributed by atoms with Crippen LogP contribution in [-0.2, 0) is 16.9 Å². The molecule has 0 radical (unpaired) electrons. The molecule has 0 spiro atoms. The molecular weight excluding hydrogens is 260 g/mol. The third kappa shape index (κ3) is 1.95. The van der Waals surface area contributed by atoms with Crippen molar-refractivity contribution in [3.05, 3.63) is 40.4 Å². The molecule has 1 aromatic heterocycles. The molecule has 2 aromatic rings. The second kappa shape index (κ2) is 4.18. The predicted octanol–water partition coefficient (Wildman–Crippen LogP) is 0.556. The maximum absolute atomic E-state index is 12.1. The Hall–Kier alpha value is -2.29. The molecule has 18 heavy (non-hydrogen) atoms. The van der Waals surface area contributed by atoms with Gasteiger partial charge in [-0.05, 0) is 22.0 Å². The number of benzene rings is 1. The number of rotatable bonds is 3. The van der Waals surface area contributed by atoms with Crippen LogP contribution in [0.1, 0.15) is 0 Å². The van der Waals surface area contributed by atoms with E-state index < -0.39 is 25.9 Å². The van der Waals surface area contributed by atoms with E-state index in [0.29, 0.717) is 0 Å². The molecule has 94 valence electrons. The van der Waals surface area contributed by atoms with Crippen LogP contribution in [-0.4, -0.2) is 28.1 Å². The molecule has 0 saturated carbocycles. The first-order valence-corrected chi connectivity index (χ1v) is 6.27. The second-order valence-corrected chi connectivity index (χ2v) is 5.24. The molecule has 0 aliphatic carbocycles. The Labute approximate surface area is 102 Å². The van der Waals surface area contributed by atoms with Crippen LogP contribution in [0.25, 0.3) is 0 Å². The molecule has 9 heteroatoms. The average Bonchev–Trinajstić information content (AvgIpc) is 2.73. The Morgan fingerprint density at radius 3 is 2.39 bits per heavy atom. The molecule has 0 aliphatic heterocycles. The average molecular weight is 268 g/mol. The van der Waals surface area contributed by atoms with Gasteiger partial charge in [-0.1, -0.05) is 18.2 Å². The zero-order valence-electron chi connectivity index (χ0n) is 9.22. The molecule has 2 rings (SSSR count). The summed E-state index contributed by atoms with van der Waals surface area (Å²) in [6.45, 7) is 0. The molecule has 0 unspecified atom stereocenters. The van der Waals surface area contributed by atoms with Crippen LogP contribution in [0, 0.1) is 10.1 Å². The van der Waals surface area contributed by atoms with E-state index in [1.165, 1.54) is 19.2 Å². The maximum atomic E-state index is 12.1. The van der Waals surface area contributed by atoms with Crippen molar-refractivity contribution in [2.45, 2.75) is 10.1 Å². The van der Waals surface area contributed by atoms with E-state index in [0.717, 1.165) is 4.68 Å². The van der Waals surface area contributed by atoms with Gasteiger partial charge in [0.05, 0.1) is 4.90 Å². The van der Waals surface area contributed by atoms with E-state index >= 15 is 0 Å². The van der Waals surface area contributed by atoms with Crippen molar-refractivity contribution < 1.29 is 13.3 Å². The van der Waals surface area contributed by atoms with Gasteiger partial charge in [-0.15, -0.1) is 0 Å². The van der Waals surface area contributed by atoms with E-state index in [1.807, 2.05) is 0 Å². The summed E-state index contributed by atoms with van der Waals surface area (Å²) in [4.78, 5) is 13.1. The summed E-state index contributed by atoms with van der Waals surface area (Å²) in [6, 6.07) is 7.54. The van der Waals surface area contributed by atoms with Crippen molar-refractivity contribution in [1.29, 1.82) is 0 Å². The van der Waals surface area contributed by atoms with Gasteiger partial charge in [-0.2, -0.15) is 4.68 Å². The molecule has 0 saturated heterocycles. The summed E-state index contributed by atoms with van der Waals surface area (Å²) in [5.74, 6) is -0.744. The standard InChI is InChI=1S/C9H8N4O4S/c1-12-9(10-8(11-12)13(14)15)18(16,17)7-5-3-2-4-6-7/h2-6H,1H3. The zero-order chi connectivity index (χ0) is 13.3. The summed E-state index contributed by atoms with van der Waals surface area (Å²) in [7, 11) is -2.61. The monoisotopic (exact) mass is 268 g/mol. The SMILES string of the molecule is Cn1nc([N+](=O)[O-])nc1S(=O)(=O)c1ccccc1. The lowest BCUT2D eigenvalue weighted by molar-refractivity contribution is -0.394. The van der Waals surface area contributed by atoms with E-state index in [4.69, 9.17) is 0 Å². The van der Waals surface area contributed by atoms with Crippen LogP contribution in [0.15, 0.2) is 40.4 Å². The molecule has 8 nitrogen and oxygen atoms in total. The van der Waals surface area contributed by atoms with Gasteiger partial charge in [0.15, 0.2) is 0 Å². The minimum atomic E-state index is -3.90. The Morgan fingerprint density at radius 1 is 1.28 bits per heavy atom. The molecular formula is C9H8N4O4S. The number of hydrogen-bond acceptors (Lipinski definition) is 6. The lowest BCUT2D eigenvalue weighted by atomic mass is 10.4. The highest BCUT2D eigenvalue weighted by molar-refractivity contribution is 7.91. The first-order chi connectivity index (χ1) is 8.43. The van der Waals surface area contributed by atoms with Crippen molar-refractivity contribution in [2.75, 3.05) is 0 Å². The second-order valence-electron chi connectivity index (χ2n) is 3.39. The van der Waals surface area contributed by atoms with Crippen LogP contribution in [0.2, 0.25) is 0 Å². The number of aromatic nitrogens is 3. The highest BCUT2D eigenvalue weighted by atomic mass is 32.2. The molecule has 0 atom stereocenters. The Morgan fingerprint density at radius 2 is 1.89 bits per heavy atom. The summed E-state index contributed by atoms with van der Waals surface area (Å²) in [6.07, 6.45) is 0. The summed E-state index contributed by atoms with van der Waals surface area (Å²) in [5, 5.41) is 13.5. The Balaban J connectivity index is 2.59. The maximum Gasteiger partial charge on any atom is 0.492 e. The number of aryl methyl sites for hydroxylation is 1. The quantitative estimate of drug-likeness (QED) is 0.594. The van der Waals surface area contributed by atoms with Crippen LogP contribution in [0.5, 0.6) is 0 Å². The van der Waals surface area contributed by atoms with Crippen molar-refractivity contribution in [3.8, 4) is 0 Å². The number of nitrogens with zero attached hydrogens (tertiary/aromatic N) is 4. The summed E-state index contributed by atoms with van der Waals surface area (Å²) in [5.41, 5.74) is 0. The normalized spacial score (nSPS) is 11.4. The van der Waals surface area contributed by atoms with Crippen molar-refractivity contribution >= 4 is 15.8 Å². The van der Waals surface area contributed by atoms with E-state index in [2.05, 4.69) is 10.1 Å². The molecule has 0 aliphatic rings. The minimum Gasteiger partial charge on any atom is -0.390 e. The Bertz CT molecular complexity index is 693. The third-order valence-electron chi connectivity index (χ3n) is 2.17. The van der Waals surface area contributed by atoms with Crippen molar-refractivity contribution in [1.82, 2.24) is 14.8 Å². The van der Waals surface area contributed by atoms with Gasteiger partial charge in [0, 0.05) is 12.1 Å². The van der Waals surface area contributed by atoms with Crippen LogP contribution >= 0.6 is 0 Å². The summed E-state index contributed by atoms with van der Waals surface area (Å²) < 4.78 is 25.2. The van der Waals surface area contributed by atoms with Gasteiger partial charge in [-0.25, -0.2) is 8.42 Å². The van der Waals surface area contributed by atoms with Crippen molar-refractivity contribution in [2.24, 2.45) is 7.05 Å². The first kappa shape index (κ1) is 12.2. The topological polar surface area (TPSA) is 108 Å². The molecule has 0 fully saturated rings. The fourth-order valence-corrected chi connectivity index (χ4v) is 2.69. The largest absolute Gasteiger partial charge is 0.492 e. The van der Waals surface area contributed by atoms with Crippen LogP contribution in [0.4, 0.5) is 5.95 Å². The highest BCUT2D eigenvalue weighted by Gasteiger charge is 2.31. The number of hydrogen-bond donors (Lipinski definition) is 0. The van der Waals surface area contributed by atoms with E-state index in [-0.39, 0.29) is 4.90 Å². The number of nitro groups is 1. The zero-order valence-corrected chi connectivity index (χ0v) is 10.0. The van der Waals surface area contributed by atoms with E-state index in [9.17, 15) is 18.5 Å². The molecule has 0 bridgehead atoms. The molecule has 1 heterocycles. The third-order valence-corrected chi connectivity index (χ3v) is 3.90. The highest BCUT2D eigenvalue weighted by Crippen LogP contribution is 2.19. The van der Waals surface area contributed by atoms with Gasteiger partial charge in [0.2, 0.25) is 0 Å².